The van der Waals surface area contributed by atoms with Gasteiger partial charge in [0.1, 0.15) is 0 Å². The predicted molar refractivity (Wildman–Crippen MR) is 166 cm³/mol. The quantitative estimate of drug-likeness (QED) is 0.183. The molecule has 0 saturated carbocycles. The molecule has 5 aromatic carbocycles. The first kappa shape index (κ1) is 31.2. The van der Waals surface area contributed by atoms with E-state index >= 15 is 0 Å². The van der Waals surface area contributed by atoms with E-state index in [2.05, 4.69) is 140 Å². The molecule has 1 heteroatoms. The van der Waals surface area contributed by atoms with Gasteiger partial charge in [0.15, 0.2) is 0 Å². The van der Waals surface area contributed by atoms with Gasteiger partial charge in [-0.2, -0.15) is 6.08 Å². The van der Waals surface area contributed by atoms with Crippen molar-refractivity contribution in [2.45, 2.75) is 32.6 Å². The van der Waals surface area contributed by atoms with Crippen molar-refractivity contribution in [2.24, 2.45) is 0 Å². The maximum atomic E-state index is 3.16. The molecule has 0 aromatic heterocycles. The number of unbranched alkanes of at least 4 members (excludes halogenated alkanes) is 1. The number of benzene rings is 4. The second-order valence-corrected chi connectivity index (χ2v) is 10.1. The first-order valence-electron chi connectivity index (χ1n) is 12.7. The van der Waals surface area contributed by atoms with Crippen LogP contribution in [0.3, 0.4) is 0 Å². The monoisotopic (exact) mass is 572 g/mol. The van der Waals surface area contributed by atoms with E-state index in [-0.39, 0.29) is 14.9 Å². The van der Waals surface area contributed by atoms with Crippen LogP contribution in [0.1, 0.15) is 43.7 Å². The second-order valence-electron chi connectivity index (χ2n) is 8.86. The molecule has 0 fully saturated rings. The molecule has 38 heavy (non-hydrogen) atoms. The molecule has 5 aromatic rings. The Morgan fingerprint density at radius 3 is 1.63 bits per heavy atom. The zero-order valence-electron chi connectivity index (χ0n) is 23.0. The average molecular weight is 574 g/mol. The van der Waals surface area contributed by atoms with E-state index in [0.717, 1.165) is 6.42 Å². The Kier molecular flexibility index (Phi) is 13.8. The molecule has 0 radical (unpaired) electrons. The fraction of sp³-hybridized carbons (Fsp3) is 0.135. The van der Waals surface area contributed by atoms with E-state index in [0.29, 0.717) is 0 Å². The van der Waals surface area contributed by atoms with Crippen LogP contribution in [0.4, 0.5) is 0 Å². The molecule has 0 spiro atoms. The van der Waals surface area contributed by atoms with Crippen molar-refractivity contribution in [2.75, 3.05) is 0 Å². The van der Waals surface area contributed by atoms with Crippen molar-refractivity contribution in [1.29, 1.82) is 0 Å². The molecule has 1 aliphatic rings. The van der Waals surface area contributed by atoms with Crippen molar-refractivity contribution in [3.63, 3.8) is 0 Å². The van der Waals surface area contributed by atoms with Gasteiger partial charge in [-0.25, -0.2) is 11.6 Å². The molecule has 0 amide bonds. The number of hydrogen-bond donors (Lipinski definition) is 0. The largest absolute Gasteiger partial charge is 0.126 e. The van der Waals surface area contributed by atoms with Gasteiger partial charge >= 0.3 is 99.2 Å². The Balaban J connectivity index is 0.000000200. The minimum atomic E-state index is 0. The maximum absolute atomic E-state index is 3.16. The number of fused-ring (bicyclic) bond motifs is 3. The summed E-state index contributed by atoms with van der Waals surface area (Å²) >= 11 is 1.46. The molecule has 6 rings (SSSR count). The summed E-state index contributed by atoms with van der Waals surface area (Å²) in [6, 6.07) is 40.4. The third-order valence-electron chi connectivity index (χ3n) is 6.24. The Bertz CT molecular complexity index is 1340. The van der Waals surface area contributed by atoms with Crippen molar-refractivity contribution in [1.82, 2.24) is 0 Å². The van der Waals surface area contributed by atoms with Crippen LogP contribution in [0.2, 0.25) is 0 Å². The normalized spacial score (nSPS) is 11.2. The third kappa shape index (κ3) is 8.78. The topological polar surface area (TPSA) is 0 Å². The molecule has 0 unspecified atom stereocenters. The molecular formula is C37H38Zr-4. The minimum absolute atomic E-state index is 0. The van der Waals surface area contributed by atoms with E-state index < -0.39 is 0 Å². The van der Waals surface area contributed by atoms with Crippen molar-refractivity contribution in [3.05, 3.63) is 165 Å². The van der Waals surface area contributed by atoms with Gasteiger partial charge in [-0.15, -0.1) is 46.2 Å². The van der Waals surface area contributed by atoms with Crippen LogP contribution in [0.15, 0.2) is 133 Å². The SMILES string of the molecule is CCCCC1=CC[C-]=C1.[CH3-].[CH3-].[Zr]=[C](c1ccccc1)c1ccccc1.c1ccc2c(c1)[cH-]c1ccccc12. The summed E-state index contributed by atoms with van der Waals surface area (Å²) in [7, 11) is 0. The standard InChI is InChI=1S/C13H9.C13H10.C9H13.2CH3.Zr/c1-3-7-12-10(5-1)9-11-6-2-4-8-13(11)12;1-3-7-12(8-4-1)11-13-9-5-2-6-10-13;1-2-3-6-9-7-4-5-8-9;;;/h1-9H;1-10H;7-8H,2-4,6H2,1H3;2*1H3;/q-1;;3*-1;. The molecule has 0 aliphatic heterocycles. The maximum Gasteiger partial charge on any atom is -0.0771 e. The third-order valence-corrected chi connectivity index (χ3v) is 7.66. The van der Waals surface area contributed by atoms with Crippen LogP contribution in [-0.4, -0.2) is 3.21 Å². The van der Waals surface area contributed by atoms with Gasteiger partial charge in [0, 0.05) is 0 Å². The van der Waals surface area contributed by atoms with Crippen LogP contribution >= 0.6 is 0 Å². The second kappa shape index (κ2) is 16.7. The van der Waals surface area contributed by atoms with Crippen molar-refractivity contribution >= 4 is 24.8 Å². The summed E-state index contributed by atoms with van der Waals surface area (Å²) in [5.74, 6) is 0. The first-order chi connectivity index (χ1) is 17.8. The van der Waals surface area contributed by atoms with E-state index in [1.54, 1.807) is 0 Å². The molecule has 0 N–H and O–H groups in total. The van der Waals surface area contributed by atoms with Gasteiger partial charge in [0.05, 0.1) is 0 Å². The summed E-state index contributed by atoms with van der Waals surface area (Å²) in [5, 5.41) is 5.39. The van der Waals surface area contributed by atoms with Gasteiger partial charge in [0.2, 0.25) is 0 Å². The fourth-order valence-electron chi connectivity index (χ4n) is 4.27. The number of hydrogen-bond acceptors (Lipinski definition) is 0. The Morgan fingerprint density at radius 1 is 0.711 bits per heavy atom. The Hall–Kier alpha value is -3.02. The molecule has 0 saturated heterocycles. The molecule has 194 valence electrons. The smallest absolute Gasteiger partial charge is 0.0771 e. The van der Waals surface area contributed by atoms with E-state index in [1.165, 1.54) is 84.9 Å². The van der Waals surface area contributed by atoms with E-state index in [9.17, 15) is 0 Å². The minimum Gasteiger partial charge on any atom is -0.126 e. The van der Waals surface area contributed by atoms with Crippen LogP contribution in [0.5, 0.6) is 0 Å². The van der Waals surface area contributed by atoms with Gasteiger partial charge < -0.3 is 14.9 Å². The number of allylic oxidation sites excluding steroid dienone is 4. The zero-order valence-corrected chi connectivity index (χ0v) is 25.4. The Labute approximate surface area is 245 Å². The summed E-state index contributed by atoms with van der Waals surface area (Å²) in [6.07, 6.45) is 12.5. The summed E-state index contributed by atoms with van der Waals surface area (Å²) in [4.78, 5) is 0. The zero-order chi connectivity index (χ0) is 25.0. The summed E-state index contributed by atoms with van der Waals surface area (Å²) in [6.45, 7) is 2.23. The van der Waals surface area contributed by atoms with E-state index in [4.69, 9.17) is 0 Å². The molecule has 0 heterocycles. The Morgan fingerprint density at radius 2 is 1.18 bits per heavy atom. The molecule has 0 atom stereocenters. The van der Waals surface area contributed by atoms with E-state index in [1.807, 2.05) is 0 Å². The van der Waals surface area contributed by atoms with Gasteiger partial charge in [0.25, 0.3) is 0 Å². The summed E-state index contributed by atoms with van der Waals surface area (Å²) in [5.41, 5.74) is 4.14. The molecule has 0 nitrogen and oxygen atoms in total. The fourth-order valence-corrected chi connectivity index (χ4v) is 5.09. The van der Waals surface area contributed by atoms with Gasteiger partial charge in [-0.1, -0.05) is 62.6 Å². The van der Waals surface area contributed by atoms with Crippen LogP contribution in [0, 0.1) is 20.9 Å². The molecule has 0 bridgehead atoms. The van der Waals surface area contributed by atoms with Crippen LogP contribution in [0.25, 0.3) is 21.5 Å². The van der Waals surface area contributed by atoms with Crippen molar-refractivity contribution in [3.8, 4) is 0 Å². The van der Waals surface area contributed by atoms with Gasteiger partial charge in [-0.3, -0.25) is 6.08 Å². The van der Waals surface area contributed by atoms with Gasteiger partial charge in [-0.05, 0) is 0 Å². The summed E-state index contributed by atoms with van der Waals surface area (Å²) < 4.78 is 1.42. The van der Waals surface area contributed by atoms with Crippen LogP contribution in [-0.2, 0) is 24.2 Å². The first-order valence-corrected chi connectivity index (χ1v) is 14.0. The average Bonchev–Trinajstić information content (AvgIpc) is 3.61. The molecule has 1 aliphatic carbocycles. The van der Waals surface area contributed by atoms with Crippen LogP contribution < -0.4 is 0 Å². The number of rotatable bonds is 5. The van der Waals surface area contributed by atoms with Crippen molar-refractivity contribution < 1.29 is 24.2 Å². The molecular weight excluding hydrogens is 536 g/mol. The predicted octanol–water partition coefficient (Wildman–Crippen LogP) is 10.3.